The van der Waals surface area contributed by atoms with E-state index >= 15 is 0 Å². The topological polar surface area (TPSA) is 33.2 Å². The molecule has 1 saturated carbocycles. The third-order valence-electron chi connectivity index (χ3n) is 3.88. The highest BCUT2D eigenvalue weighted by molar-refractivity contribution is 7.10. The molecule has 2 heterocycles. The summed E-state index contributed by atoms with van der Waals surface area (Å²) in [4.78, 5) is 18.4. The zero-order valence-corrected chi connectivity index (χ0v) is 13.2. The van der Waals surface area contributed by atoms with Gasteiger partial charge in [-0.1, -0.05) is 6.07 Å². The average molecular weight is 340 g/mol. The van der Waals surface area contributed by atoms with Crippen LogP contribution in [-0.2, 0) is 4.79 Å². The van der Waals surface area contributed by atoms with Gasteiger partial charge in [0.1, 0.15) is 12.4 Å². The molecule has 2 aromatic heterocycles. The monoisotopic (exact) mass is 340 g/mol. The molecule has 0 aromatic carbocycles. The fourth-order valence-corrected chi connectivity index (χ4v) is 3.79. The first-order chi connectivity index (χ1) is 10.9. The summed E-state index contributed by atoms with van der Waals surface area (Å²) in [5.74, 6) is -0.819. The number of hydrogen-bond acceptors (Lipinski definition) is 3. The number of aromatic nitrogens is 1. The van der Waals surface area contributed by atoms with Gasteiger partial charge < -0.3 is 0 Å². The van der Waals surface area contributed by atoms with Crippen LogP contribution in [0.25, 0.3) is 0 Å². The van der Waals surface area contributed by atoms with Crippen LogP contribution in [0.2, 0.25) is 0 Å². The maximum absolute atomic E-state index is 12.9. The third-order valence-corrected chi connectivity index (χ3v) is 5.03. The summed E-state index contributed by atoms with van der Waals surface area (Å²) in [7, 11) is 0. The van der Waals surface area contributed by atoms with E-state index in [-0.39, 0.29) is 11.7 Å². The van der Waals surface area contributed by atoms with E-state index in [0.717, 1.165) is 15.3 Å². The summed E-state index contributed by atoms with van der Waals surface area (Å²) in [6.07, 6.45) is -2.47. The number of halogens is 3. The largest absolute Gasteiger partial charge is 0.406 e. The van der Waals surface area contributed by atoms with Gasteiger partial charge in [0, 0.05) is 22.9 Å². The molecule has 1 amide bonds. The summed E-state index contributed by atoms with van der Waals surface area (Å²) in [6, 6.07) is 6.57. The molecule has 0 N–H and O–H groups in total. The molecule has 0 radical (unpaired) electrons. The maximum Gasteiger partial charge on any atom is 0.406 e. The summed E-state index contributed by atoms with van der Waals surface area (Å²) < 4.78 is 38.6. The minimum atomic E-state index is -4.46. The Hall–Kier alpha value is -1.89. The molecule has 3 rings (SSSR count). The highest BCUT2D eigenvalue weighted by Gasteiger charge is 2.49. The summed E-state index contributed by atoms with van der Waals surface area (Å²) in [5.41, 5.74) is 1.09. The molecular formula is C16H15F3N2OS. The molecule has 2 atom stereocenters. The molecule has 1 fully saturated rings. The lowest BCUT2D eigenvalue weighted by Crippen LogP contribution is -2.40. The van der Waals surface area contributed by atoms with E-state index in [1.54, 1.807) is 23.5 Å². The molecule has 0 spiro atoms. The summed E-state index contributed by atoms with van der Waals surface area (Å²) >= 11 is 1.55. The number of carbonyl (C=O) groups excluding carboxylic acids is 1. The summed E-state index contributed by atoms with van der Waals surface area (Å²) in [5, 5.41) is 1.94. The van der Waals surface area contributed by atoms with Crippen LogP contribution < -0.4 is 4.90 Å². The number of amides is 1. The van der Waals surface area contributed by atoms with Crippen molar-refractivity contribution >= 4 is 23.1 Å². The van der Waals surface area contributed by atoms with Gasteiger partial charge in [-0.2, -0.15) is 13.2 Å². The Kier molecular flexibility index (Phi) is 4.14. The number of hydrogen-bond donors (Lipinski definition) is 0. The predicted molar refractivity (Wildman–Crippen MR) is 82.5 cm³/mol. The van der Waals surface area contributed by atoms with E-state index in [1.807, 2.05) is 18.4 Å². The molecule has 7 heteroatoms. The lowest BCUT2D eigenvalue weighted by atomic mass is 10.2. The Labute approximate surface area is 135 Å². The van der Waals surface area contributed by atoms with Crippen molar-refractivity contribution in [1.82, 2.24) is 4.98 Å². The fraction of sp³-hybridized carbons (Fsp3) is 0.375. The van der Waals surface area contributed by atoms with Crippen molar-refractivity contribution in [2.24, 2.45) is 5.92 Å². The Morgan fingerprint density at radius 1 is 1.39 bits per heavy atom. The van der Waals surface area contributed by atoms with E-state index in [0.29, 0.717) is 6.42 Å². The number of pyridine rings is 1. The molecule has 2 aromatic rings. The number of nitrogens with zero attached hydrogens (tertiary/aromatic N) is 2. The summed E-state index contributed by atoms with van der Waals surface area (Å²) in [6.45, 7) is 0.646. The molecule has 0 aliphatic heterocycles. The number of alkyl halides is 3. The lowest BCUT2D eigenvalue weighted by Gasteiger charge is -2.23. The molecule has 1 aliphatic rings. The van der Waals surface area contributed by atoms with Crippen LogP contribution in [0.3, 0.4) is 0 Å². The van der Waals surface area contributed by atoms with Crippen molar-refractivity contribution in [3.05, 3.63) is 46.3 Å². The zero-order chi connectivity index (χ0) is 16.6. The van der Waals surface area contributed by atoms with Crippen molar-refractivity contribution in [3.63, 3.8) is 0 Å². The van der Waals surface area contributed by atoms with Crippen molar-refractivity contribution in [3.8, 4) is 0 Å². The van der Waals surface area contributed by atoms with Gasteiger partial charge in [-0.25, -0.2) is 4.98 Å². The molecule has 3 nitrogen and oxygen atoms in total. The van der Waals surface area contributed by atoms with Crippen molar-refractivity contribution in [2.75, 3.05) is 11.4 Å². The average Bonchev–Trinajstić information content (AvgIpc) is 3.18. The van der Waals surface area contributed by atoms with Crippen LogP contribution in [-0.4, -0.2) is 23.6 Å². The van der Waals surface area contributed by atoms with E-state index in [4.69, 9.17) is 0 Å². The second-order valence-corrected chi connectivity index (χ2v) is 6.59. The number of aryl methyl sites for hydroxylation is 1. The number of carbonyl (C=O) groups is 1. The molecule has 23 heavy (non-hydrogen) atoms. The standard InChI is InChI=1S/C16H15F3N2OS/c1-10-5-7-23-14(10)11-8-12(11)15(22)21(9-16(17,18)19)13-4-2-3-6-20-13/h2-7,11-12H,8-9H2,1H3/t11-,12+/m0/s1. The second-order valence-electron chi connectivity index (χ2n) is 5.64. The van der Waals surface area contributed by atoms with Crippen LogP contribution in [0, 0.1) is 12.8 Å². The molecule has 1 aliphatic carbocycles. The van der Waals surface area contributed by atoms with E-state index in [1.165, 1.54) is 12.3 Å². The van der Waals surface area contributed by atoms with Crippen molar-refractivity contribution in [2.45, 2.75) is 25.4 Å². The van der Waals surface area contributed by atoms with Gasteiger partial charge in [-0.05, 0) is 42.5 Å². The van der Waals surface area contributed by atoms with Crippen LogP contribution >= 0.6 is 11.3 Å². The SMILES string of the molecule is Cc1ccsc1[C@H]1C[C@H]1C(=O)N(CC(F)(F)F)c1ccccn1. The van der Waals surface area contributed by atoms with Gasteiger partial charge in [-0.3, -0.25) is 9.69 Å². The van der Waals surface area contributed by atoms with Crippen molar-refractivity contribution < 1.29 is 18.0 Å². The zero-order valence-electron chi connectivity index (χ0n) is 12.4. The Balaban J connectivity index is 1.81. The molecular weight excluding hydrogens is 325 g/mol. The minimum absolute atomic E-state index is 0.0296. The smallest absolute Gasteiger partial charge is 0.287 e. The molecule has 0 unspecified atom stereocenters. The third kappa shape index (κ3) is 3.55. The maximum atomic E-state index is 12.9. The molecule has 0 bridgehead atoms. The van der Waals surface area contributed by atoms with Gasteiger partial charge in [0.25, 0.3) is 0 Å². The number of rotatable bonds is 4. The van der Waals surface area contributed by atoms with E-state index < -0.39 is 24.5 Å². The first-order valence-corrected chi connectivity index (χ1v) is 8.08. The van der Waals surface area contributed by atoms with Crippen molar-refractivity contribution in [1.29, 1.82) is 0 Å². The Bertz CT molecular complexity index is 699. The van der Waals surface area contributed by atoms with Crippen LogP contribution in [0.4, 0.5) is 19.0 Å². The number of thiophene rings is 1. The molecule has 122 valence electrons. The van der Waals surface area contributed by atoms with Crippen LogP contribution in [0.15, 0.2) is 35.8 Å². The van der Waals surface area contributed by atoms with Gasteiger partial charge in [-0.15, -0.1) is 11.3 Å². The Morgan fingerprint density at radius 2 is 2.17 bits per heavy atom. The minimum Gasteiger partial charge on any atom is -0.287 e. The van der Waals surface area contributed by atoms with Gasteiger partial charge in [0.2, 0.25) is 5.91 Å². The lowest BCUT2D eigenvalue weighted by molar-refractivity contribution is -0.133. The predicted octanol–water partition coefficient (Wildman–Crippen LogP) is 4.15. The highest BCUT2D eigenvalue weighted by atomic mass is 32.1. The van der Waals surface area contributed by atoms with Crippen LogP contribution in [0.1, 0.15) is 22.8 Å². The van der Waals surface area contributed by atoms with Crippen LogP contribution in [0.5, 0.6) is 0 Å². The normalized spacial score (nSPS) is 20.3. The molecule has 0 saturated heterocycles. The second kappa shape index (κ2) is 5.96. The number of anilines is 1. The highest BCUT2D eigenvalue weighted by Crippen LogP contribution is 2.51. The quantitative estimate of drug-likeness (QED) is 0.838. The Morgan fingerprint density at radius 3 is 2.74 bits per heavy atom. The van der Waals surface area contributed by atoms with Gasteiger partial charge >= 0.3 is 6.18 Å². The van der Waals surface area contributed by atoms with E-state index in [9.17, 15) is 18.0 Å². The van der Waals surface area contributed by atoms with Gasteiger partial charge in [0.05, 0.1) is 0 Å². The fourth-order valence-electron chi connectivity index (χ4n) is 2.69. The van der Waals surface area contributed by atoms with E-state index in [2.05, 4.69) is 4.98 Å². The first-order valence-electron chi connectivity index (χ1n) is 7.20. The first kappa shape index (κ1) is 16.0. The van der Waals surface area contributed by atoms with Gasteiger partial charge in [0.15, 0.2) is 0 Å².